The minimum Gasteiger partial charge on any atom is -0.444 e. The van der Waals surface area contributed by atoms with E-state index in [9.17, 15) is 0 Å². The molecule has 0 aliphatic carbocycles. The van der Waals surface area contributed by atoms with E-state index in [4.69, 9.17) is 4.42 Å². The normalized spacial score (nSPS) is 10.7. The first-order valence-electron chi connectivity index (χ1n) is 4.90. The van der Waals surface area contributed by atoms with Gasteiger partial charge in [-0.25, -0.2) is 4.98 Å². The lowest BCUT2D eigenvalue weighted by molar-refractivity contribution is 0.439. The molecule has 0 unspecified atom stereocenters. The monoisotopic (exact) mass is 223 g/mol. The van der Waals surface area contributed by atoms with E-state index in [2.05, 4.69) is 22.2 Å². The van der Waals surface area contributed by atoms with E-state index in [0.717, 1.165) is 24.6 Å². The van der Waals surface area contributed by atoms with Crippen LogP contribution in [-0.4, -0.2) is 9.97 Å². The standard InChI is InChI=1S/C10H13N3OS/c1-2-8-3-13-10(14-8)6-11-4-9-5-12-7-15-9/h3,5,7,11H,2,4,6H2,1H3. The zero-order valence-electron chi connectivity index (χ0n) is 8.56. The van der Waals surface area contributed by atoms with Crippen molar-refractivity contribution in [1.29, 1.82) is 0 Å². The second kappa shape index (κ2) is 5.04. The van der Waals surface area contributed by atoms with Crippen molar-refractivity contribution in [3.63, 3.8) is 0 Å². The highest BCUT2D eigenvalue weighted by atomic mass is 32.1. The average Bonchev–Trinajstić information content (AvgIpc) is 2.88. The summed E-state index contributed by atoms with van der Waals surface area (Å²) in [5.41, 5.74) is 1.83. The summed E-state index contributed by atoms with van der Waals surface area (Å²) in [6, 6.07) is 0. The van der Waals surface area contributed by atoms with E-state index >= 15 is 0 Å². The van der Waals surface area contributed by atoms with Gasteiger partial charge in [0.25, 0.3) is 0 Å². The van der Waals surface area contributed by atoms with E-state index in [-0.39, 0.29) is 0 Å². The second-order valence-corrected chi connectivity index (χ2v) is 4.12. The predicted molar refractivity (Wildman–Crippen MR) is 58.5 cm³/mol. The van der Waals surface area contributed by atoms with Crippen LogP contribution in [0.3, 0.4) is 0 Å². The molecule has 5 heteroatoms. The Morgan fingerprint density at radius 3 is 3.00 bits per heavy atom. The molecule has 2 aromatic heterocycles. The summed E-state index contributed by atoms with van der Waals surface area (Å²) in [7, 11) is 0. The van der Waals surface area contributed by atoms with Gasteiger partial charge in [0, 0.05) is 24.0 Å². The van der Waals surface area contributed by atoms with Crippen LogP contribution in [0.4, 0.5) is 0 Å². The molecule has 2 heterocycles. The molecule has 80 valence electrons. The van der Waals surface area contributed by atoms with Gasteiger partial charge in [0.1, 0.15) is 5.76 Å². The first kappa shape index (κ1) is 10.3. The molecule has 1 N–H and O–H groups in total. The van der Waals surface area contributed by atoms with Crippen LogP contribution in [0.15, 0.2) is 22.3 Å². The fourth-order valence-corrected chi connectivity index (χ4v) is 1.78. The second-order valence-electron chi connectivity index (χ2n) is 3.15. The van der Waals surface area contributed by atoms with E-state index in [1.54, 1.807) is 17.5 Å². The van der Waals surface area contributed by atoms with Crippen LogP contribution in [-0.2, 0) is 19.5 Å². The number of thiazole rings is 1. The van der Waals surface area contributed by atoms with Crippen molar-refractivity contribution in [2.24, 2.45) is 0 Å². The van der Waals surface area contributed by atoms with Gasteiger partial charge in [0.05, 0.1) is 18.3 Å². The molecule has 0 aromatic carbocycles. The summed E-state index contributed by atoms with van der Waals surface area (Å²) >= 11 is 1.64. The van der Waals surface area contributed by atoms with E-state index in [1.807, 2.05) is 11.7 Å². The first-order chi connectivity index (χ1) is 7.38. The molecule has 2 rings (SSSR count). The zero-order valence-corrected chi connectivity index (χ0v) is 9.38. The summed E-state index contributed by atoms with van der Waals surface area (Å²) in [6.07, 6.45) is 4.54. The lowest BCUT2D eigenvalue weighted by Crippen LogP contribution is -2.11. The van der Waals surface area contributed by atoms with Crippen LogP contribution in [0.2, 0.25) is 0 Å². The fraction of sp³-hybridized carbons (Fsp3) is 0.400. The lowest BCUT2D eigenvalue weighted by atomic mass is 10.4. The summed E-state index contributed by atoms with van der Waals surface area (Å²) in [4.78, 5) is 9.39. The van der Waals surface area contributed by atoms with Crippen molar-refractivity contribution in [2.45, 2.75) is 26.4 Å². The van der Waals surface area contributed by atoms with Gasteiger partial charge in [-0.15, -0.1) is 11.3 Å². The molecule has 0 saturated heterocycles. The predicted octanol–water partition coefficient (Wildman–Crippen LogP) is 1.98. The van der Waals surface area contributed by atoms with Crippen LogP contribution >= 0.6 is 11.3 Å². The summed E-state index contributed by atoms with van der Waals surface area (Å²) in [5.74, 6) is 1.68. The maximum atomic E-state index is 5.47. The lowest BCUT2D eigenvalue weighted by Gasteiger charge is -1.98. The van der Waals surface area contributed by atoms with Gasteiger partial charge >= 0.3 is 0 Å². The third-order valence-corrected chi connectivity index (χ3v) is 2.79. The molecule has 0 aliphatic heterocycles. The number of aromatic nitrogens is 2. The molecule has 0 bridgehead atoms. The smallest absolute Gasteiger partial charge is 0.208 e. The molecule has 0 radical (unpaired) electrons. The van der Waals surface area contributed by atoms with Crippen LogP contribution in [0, 0.1) is 0 Å². The van der Waals surface area contributed by atoms with Gasteiger partial charge in [-0.2, -0.15) is 0 Å². The Labute approximate surface area is 92.4 Å². The van der Waals surface area contributed by atoms with Crippen molar-refractivity contribution in [2.75, 3.05) is 0 Å². The minimum absolute atomic E-state index is 0.665. The number of hydrogen-bond acceptors (Lipinski definition) is 5. The van der Waals surface area contributed by atoms with Crippen LogP contribution in [0.25, 0.3) is 0 Å². The maximum Gasteiger partial charge on any atom is 0.208 e. The van der Waals surface area contributed by atoms with E-state index < -0.39 is 0 Å². The highest BCUT2D eigenvalue weighted by Gasteiger charge is 2.01. The van der Waals surface area contributed by atoms with Crippen LogP contribution in [0.5, 0.6) is 0 Å². The number of hydrogen-bond donors (Lipinski definition) is 1. The Balaban J connectivity index is 1.78. The summed E-state index contributed by atoms with van der Waals surface area (Å²) in [5, 5.41) is 3.26. The van der Waals surface area contributed by atoms with Gasteiger partial charge in [-0.3, -0.25) is 4.98 Å². The number of nitrogens with zero attached hydrogens (tertiary/aromatic N) is 2. The Morgan fingerprint density at radius 2 is 2.33 bits per heavy atom. The Bertz CT molecular complexity index is 396. The van der Waals surface area contributed by atoms with Crippen LogP contribution in [0.1, 0.15) is 23.5 Å². The Morgan fingerprint density at radius 1 is 1.40 bits per heavy atom. The van der Waals surface area contributed by atoms with Gasteiger partial charge < -0.3 is 9.73 Å². The van der Waals surface area contributed by atoms with Gasteiger partial charge in [0.15, 0.2) is 0 Å². The minimum atomic E-state index is 0.665. The van der Waals surface area contributed by atoms with Crippen LogP contribution < -0.4 is 5.32 Å². The number of oxazole rings is 1. The van der Waals surface area contributed by atoms with Crippen molar-refractivity contribution in [3.8, 4) is 0 Å². The van der Waals surface area contributed by atoms with Crippen molar-refractivity contribution < 1.29 is 4.42 Å². The molecule has 0 saturated carbocycles. The Kier molecular flexibility index (Phi) is 3.47. The third-order valence-electron chi connectivity index (χ3n) is 2.01. The molecule has 2 aromatic rings. The average molecular weight is 223 g/mol. The maximum absolute atomic E-state index is 5.47. The molecule has 0 fully saturated rings. The van der Waals surface area contributed by atoms with Crippen molar-refractivity contribution in [1.82, 2.24) is 15.3 Å². The molecule has 0 amide bonds. The highest BCUT2D eigenvalue weighted by Crippen LogP contribution is 2.06. The summed E-state index contributed by atoms with van der Waals surface area (Å²) in [6.45, 7) is 3.53. The fourth-order valence-electron chi connectivity index (χ4n) is 1.22. The summed E-state index contributed by atoms with van der Waals surface area (Å²) < 4.78 is 5.47. The number of nitrogens with one attached hydrogen (secondary N) is 1. The van der Waals surface area contributed by atoms with Gasteiger partial charge in [0.2, 0.25) is 5.89 Å². The third kappa shape index (κ3) is 2.87. The number of aryl methyl sites for hydroxylation is 1. The molecule has 0 aliphatic rings. The highest BCUT2D eigenvalue weighted by molar-refractivity contribution is 7.09. The Hall–Kier alpha value is -1.20. The SMILES string of the molecule is CCc1cnc(CNCc2cncs2)o1. The first-order valence-corrected chi connectivity index (χ1v) is 5.78. The quantitative estimate of drug-likeness (QED) is 0.842. The molecule has 4 nitrogen and oxygen atoms in total. The molecule has 15 heavy (non-hydrogen) atoms. The molecule has 0 atom stereocenters. The van der Waals surface area contributed by atoms with Gasteiger partial charge in [-0.1, -0.05) is 6.92 Å². The number of rotatable bonds is 5. The van der Waals surface area contributed by atoms with Crippen molar-refractivity contribution in [3.05, 3.63) is 34.4 Å². The zero-order chi connectivity index (χ0) is 10.5. The molecular weight excluding hydrogens is 210 g/mol. The van der Waals surface area contributed by atoms with E-state index in [1.165, 1.54) is 4.88 Å². The molecule has 0 spiro atoms. The van der Waals surface area contributed by atoms with E-state index in [0.29, 0.717) is 6.54 Å². The van der Waals surface area contributed by atoms with Crippen molar-refractivity contribution >= 4 is 11.3 Å². The molecular formula is C10H13N3OS. The van der Waals surface area contributed by atoms with Gasteiger partial charge in [-0.05, 0) is 0 Å². The largest absolute Gasteiger partial charge is 0.444 e. The topological polar surface area (TPSA) is 51.0 Å².